The molecule has 0 bridgehead atoms. The van der Waals surface area contributed by atoms with Gasteiger partial charge in [0.05, 0.1) is 11.9 Å². The van der Waals surface area contributed by atoms with Crippen LogP contribution >= 0.6 is 0 Å². The van der Waals surface area contributed by atoms with Crippen molar-refractivity contribution in [2.24, 2.45) is 0 Å². The average molecular weight is 502 g/mol. The Balaban J connectivity index is 1.42. The van der Waals surface area contributed by atoms with Crippen LogP contribution in [-0.4, -0.2) is 80.0 Å². The molecule has 13 heteroatoms. The minimum Gasteiger partial charge on any atom is -0.444 e. The Kier molecular flexibility index (Phi) is 7.00. The van der Waals surface area contributed by atoms with E-state index in [1.807, 2.05) is 20.8 Å². The Labute approximate surface area is 207 Å². The molecule has 0 radical (unpaired) electrons. The largest absolute Gasteiger partial charge is 0.444 e. The maximum atomic E-state index is 12.7. The normalized spacial score (nSPS) is 16.9. The first-order chi connectivity index (χ1) is 17.0. The van der Waals surface area contributed by atoms with Crippen molar-refractivity contribution in [2.45, 2.75) is 58.0 Å². The fourth-order valence-corrected chi connectivity index (χ4v) is 4.43. The Hall–Kier alpha value is -3.90. The van der Waals surface area contributed by atoms with Gasteiger partial charge in [0.1, 0.15) is 23.4 Å². The second-order valence-corrected chi connectivity index (χ2v) is 10.0. The second-order valence-electron chi connectivity index (χ2n) is 10.0. The van der Waals surface area contributed by atoms with Gasteiger partial charge in [0.2, 0.25) is 5.91 Å². The molecule has 0 spiro atoms. The zero-order chi connectivity index (χ0) is 26.0. The highest BCUT2D eigenvalue weighted by Crippen LogP contribution is 2.28. The third-order valence-electron chi connectivity index (χ3n) is 6.17. The number of nitrogens with zero attached hydrogens (tertiary/aromatic N) is 4. The van der Waals surface area contributed by atoms with E-state index >= 15 is 0 Å². The Morgan fingerprint density at radius 2 is 1.86 bits per heavy atom. The molecular weight excluding hydrogens is 470 g/mol. The highest BCUT2D eigenvalue weighted by molar-refractivity contribution is 6.00. The van der Waals surface area contributed by atoms with Gasteiger partial charge < -0.3 is 19.5 Å². The predicted octanol–water partition coefficient (Wildman–Crippen LogP) is 0.521. The topological polar surface area (TPSA) is 158 Å². The molecule has 4 rings (SSSR count). The molecule has 2 aliphatic rings. The van der Waals surface area contributed by atoms with Crippen LogP contribution in [0, 0.1) is 0 Å². The van der Waals surface area contributed by atoms with E-state index in [1.165, 1.54) is 21.7 Å². The monoisotopic (exact) mass is 501 g/mol. The summed E-state index contributed by atoms with van der Waals surface area (Å²) in [5.74, 6) is -1.33. The van der Waals surface area contributed by atoms with Gasteiger partial charge in [0, 0.05) is 38.0 Å². The summed E-state index contributed by atoms with van der Waals surface area (Å²) in [6, 6.07) is 1.45. The number of carbonyl (C=O) groups excluding carboxylic acids is 4. The molecule has 0 saturated carbocycles. The Bertz CT molecular complexity index is 1240. The summed E-state index contributed by atoms with van der Waals surface area (Å²) < 4.78 is 6.95. The summed E-state index contributed by atoms with van der Waals surface area (Å²) in [5, 5.41) is 4.29. The van der Waals surface area contributed by atoms with Gasteiger partial charge in [-0.3, -0.25) is 30.0 Å². The molecule has 0 unspecified atom stereocenters. The van der Waals surface area contributed by atoms with E-state index < -0.39 is 23.0 Å². The minimum atomic E-state index is -0.654. The van der Waals surface area contributed by atoms with Gasteiger partial charge >= 0.3 is 6.09 Å². The van der Waals surface area contributed by atoms with E-state index in [0.717, 1.165) is 0 Å². The number of hydrogen-bond donors (Lipinski definition) is 3. The van der Waals surface area contributed by atoms with Crippen LogP contribution in [0.5, 0.6) is 0 Å². The summed E-state index contributed by atoms with van der Waals surface area (Å²) in [4.78, 5) is 67.0. The lowest BCUT2D eigenvalue weighted by molar-refractivity contribution is -0.133. The number of H-pyrrole nitrogens is 1. The molecule has 2 aromatic heterocycles. The second kappa shape index (κ2) is 9.99. The van der Waals surface area contributed by atoms with Gasteiger partial charge in [-0.1, -0.05) is 0 Å². The summed E-state index contributed by atoms with van der Waals surface area (Å²) in [6.45, 7) is 6.75. The fraction of sp³-hybridized carbons (Fsp3) is 0.565. The first-order valence-corrected chi connectivity index (χ1v) is 12.0. The number of likely N-dealkylation sites (tertiary alicyclic amines) is 2. The lowest BCUT2D eigenvalue weighted by atomic mass is 9.93. The highest BCUT2D eigenvalue weighted by Gasteiger charge is 2.30. The summed E-state index contributed by atoms with van der Waals surface area (Å²) in [6.07, 6.45) is 3.27. The van der Waals surface area contributed by atoms with Crippen molar-refractivity contribution >= 4 is 29.5 Å². The van der Waals surface area contributed by atoms with E-state index in [-0.39, 0.29) is 35.7 Å². The maximum Gasteiger partial charge on any atom is 0.410 e. The number of hydrazine groups is 1. The molecule has 194 valence electrons. The van der Waals surface area contributed by atoms with Gasteiger partial charge in [-0.15, -0.1) is 0 Å². The molecule has 36 heavy (non-hydrogen) atoms. The number of nitrogens with one attached hydrogen (secondary N) is 3. The molecule has 0 atom stereocenters. The standard InChI is InChI=1S/C23H31N7O6/c1-23(2,3)36-22(35)28-9-6-14(7-10-28)16-11-17(31)25-20-15(12-24-30(16)20)21(34)27-26-18(32)13-29-8-4-5-19(29)33/h11-12,14H,4-10,13H2,1-3H3,(H,25,31)(H,26,32)(H,27,34). The van der Waals surface area contributed by atoms with Crippen LogP contribution in [0.1, 0.15) is 68.4 Å². The number of amides is 4. The number of rotatable bonds is 4. The van der Waals surface area contributed by atoms with Crippen molar-refractivity contribution in [2.75, 3.05) is 26.2 Å². The first-order valence-electron chi connectivity index (χ1n) is 12.0. The van der Waals surface area contributed by atoms with Gasteiger partial charge in [-0.2, -0.15) is 5.10 Å². The smallest absolute Gasteiger partial charge is 0.410 e. The van der Waals surface area contributed by atoms with Crippen LogP contribution in [0.25, 0.3) is 5.65 Å². The zero-order valence-corrected chi connectivity index (χ0v) is 20.6. The van der Waals surface area contributed by atoms with Crippen LogP contribution in [0.15, 0.2) is 17.1 Å². The van der Waals surface area contributed by atoms with Crippen LogP contribution in [0.2, 0.25) is 0 Å². The lowest BCUT2D eigenvalue weighted by Crippen LogP contribution is -2.46. The molecule has 2 aliphatic heterocycles. The third-order valence-corrected chi connectivity index (χ3v) is 6.17. The number of carbonyl (C=O) groups is 4. The molecule has 2 fully saturated rings. The highest BCUT2D eigenvalue weighted by atomic mass is 16.6. The van der Waals surface area contributed by atoms with E-state index in [4.69, 9.17) is 4.74 Å². The van der Waals surface area contributed by atoms with Crippen molar-refractivity contribution in [3.05, 3.63) is 33.9 Å². The van der Waals surface area contributed by atoms with Crippen LogP contribution in [0.3, 0.4) is 0 Å². The fourth-order valence-electron chi connectivity index (χ4n) is 4.43. The molecule has 4 amide bonds. The summed E-state index contributed by atoms with van der Waals surface area (Å²) in [5.41, 5.74) is 4.55. The quantitative estimate of drug-likeness (QED) is 0.515. The van der Waals surface area contributed by atoms with E-state index in [9.17, 15) is 24.0 Å². The molecule has 0 aromatic carbocycles. The zero-order valence-electron chi connectivity index (χ0n) is 20.6. The Morgan fingerprint density at radius 3 is 2.50 bits per heavy atom. The van der Waals surface area contributed by atoms with Crippen molar-refractivity contribution in [3.8, 4) is 0 Å². The van der Waals surface area contributed by atoms with Gasteiger partial charge in [-0.25, -0.2) is 9.31 Å². The van der Waals surface area contributed by atoms with Crippen LogP contribution in [-0.2, 0) is 14.3 Å². The SMILES string of the molecule is CC(C)(C)OC(=O)N1CCC(c2cc(=O)[nH]c3c(C(=O)NNC(=O)CN4CCCC4=O)cnn23)CC1. The molecule has 13 nitrogen and oxygen atoms in total. The van der Waals surface area contributed by atoms with Crippen molar-refractivity contribution in [1.82, 2.24) is 35.2 Å². The summed E-state index contributed by atoms with van der Waals surface area (Å²) >= 11 is 0. The van der Waals surface area contributed by atoms with Crippen molar-refractivity contribution in [3.63, 3.8) is 0 Å². The molecule has 4 heterocycles. The minimum absolute atomic E-state index is 0.0537. The number of fused-ring (bicyclic) bond motifs is 1. The molecule has 2 aromatic rings. The summed E-state index contributed by atoms with van der Waals surface area (Å²) in [7, 11) is 0. The van der Waals surface area contributed by atoms with Gasteiger partial charge in [-0.05, 0) is 40.0 Å². The first kappa shape index (κ1) is 25.2. The van der Waals surface area contributed by atoms with Crippen LogP contribution in [0.4, 0.5) is 4.79 Å². The van der Waals surface area contributed by atoms with Gasteiger partial charge in [0.15, 0.2) is 0 Å². The number of piperidine rings is 1. The molecule has 2 saturated heterocycles. The number of aromatic nitrogens is 3. The number of aromatic amines is 1. The molecule has 0 aliphatic carbocycles. The third kappa shape index (κ3) is 5.66. The van der Waals surface area contributed by atoms with E-state index in [0.29, 0.717) is 51.0 Å². The van der Waals surface area contributed by atoms with E-state index in [2.05, 4.69) is 20.9 Å². The molecule has 3 N–H and O–H groups in total. The van der Waals surface area contributed by atoms with E-state index in [1.54, 1.807) is 4.90 Å². The van der Waals surface area contributed by atoms with Gasteiger partial charge in [0.25, 0.3) is 17.4 Å². The number of hydrogen-bond acceptors (Lipinski definition) is 7. The van der Waals surface area contributed by atoms with Crippen molar-refractivity contribution < 1.29 is 23.9 Å². The maximum absolute atomic E-state index is 12.7. The lowest BCUT2D eigenvalue weighted by Gasteiger charge is -2.33. The molecular formula is C23H31N7O6. The predicted molar refractivity (Wildman–Crippen MR) is 127 cm³/mol. The van der Waals surface area contributed by atoms with Crippen LogP contribution < -0.4 is 16.4 Å². The number of ether oxygens (including phenoxy) is 1. The average Bonchev–Trinajstić information content (AvgIpc) is 3.42. The van der Waals surface area contributed by atoms with Crippen molar-refractivity contribution in [1.29, 1.82) is 0 Å². The Morgan fingerprint density at radius 1 is 1.14 bits per heavy atom.